The number of benzene rings is 1. The molecule has 4 rings (SSSR count). The molecule has 1 heterocycles. The van der Waals surface area contributed by atoms with Gasteiger partial charge in [-0.2, -0.15) is 0 Å². The van der Waals surface area contributed by atoms with Crippen molar-refractivity contribution in [2.24, 2.45) is 11.8 Å². The van der Waals surface area contributed by atoms with Crippen molar-refractivity contribution in [1.82, 2.24) is 9.88 Å². The van der Waals surface area contributed by atoms with Crippen LogP contribution in [0.3, 0.4) is 0 Å². The molecule has 2 aliphatic carbocycles. The molecule has 1 amide bonds. The van der Waals surface area contributed by atoms with Gasteiger partial charge < -0.3 is 9.64 Å². The maximum atomic E-state index is 12.7. The van der Waals surface area contributed by atoms with Crippen LogP contribution in [-0.4, -0.2) is 28.9 Å². The number of rotatable bonds is 8. The van der Waals surface area contributed by atoms with Crippen LogP contribution < -0.4 is 4.74 Å². The largest absolute Gasteiger partial charge is 0.486 e. The maximum Gasteiger partial charge on any atom is 0.228 e. The van der Waals surface area contributed by atoms with E-state index in [4.69, 9.17) is 16.3 Å². The van der Waals surface area contributed by atoms with E-state index in [1.54, 1.807) is 12.1 Å². The van der Waals surface area contributed by atoms with Gasteiger partial charge in [0.05, 0.1) is 12.1 Å². The van der Waals surface area contributed by atoms with E-state index in [1.807, 2.05) is 29.5 Å². The molecule has 138 valence electrons. The predicted octanol–water partition coefficient (Wildman–Crippen LogP) is 4.57. The highest BCUT2D eigenvalue weighted by atomic mass is 35.5. The van der Waals surface area contributed by atoms with Crippen LogP contribution in [0.15, 0.2) is 29.6 Å². The van der Waals surface area contributed by atoms with E-state index >= 15 is 0 Å². The normalized spacial score (nSPS) is 16.7. The lowest BCUT2D eigenvalue weighted by molar-refractivity contribution is -0.132. The Labute approximate surface area is 163 Å². The number of hydrogen-bond donors (Lipinski definition) is 0. The zero-order valence-electron chi connectivity index (χ0n) is 14.9. The summed E-state index contributed by atoms with van der Waals surface area (Å²) in [5.74, 6) is 2.41. The van der Waals surface area contributed by atoms with E-state index < -0.39 is 0 Å². The molecule has 2 aliphatic rings. The summed E-state index contributed by atoms with van der Waals surface area (Å²) in [5, 5.41) is 3.54. The molecule has 1 aromatic heterocycles. The van der Waals surface area contributed by atoms with E-state index in [0.29, 0.717) is 24.1 Å². The number of carbonyl (C=O) groups is 1. The van der Waals surface area contributed by atoms with Crippen LogP contribution >= 0.6 is 22.9 Å². The Morgan fingerprint density at radius 3 is 2.54 bits per heavy atom. The van der Waals surface area contributed by atoms with Crippen molar-refractivity contribution in [3.63, 3.8) is 0 Å². The minimum Gasteiger partial charge on any atom is -0.486 e. The maximum absolute atomic E-state index is 12.7. The number of carbonyl (C=O) groups excluding carboxylic acids is 1. The van der Waals surface area contributed by atoms with Crippen molar-refractivity contribution >= 4 is 28.8 Å². The molecule has 0 unspecified atom stereocenters. The van der Waals surface area contributed by atoms with Gasteiger partial charge in [0.15, 0.2) is 0 Å². The number of halogens is 1. The minimum atomic E-state index is 0.185. The van der Waals surface area contributed by atoms with Crippen LogP contribution in [0.25, 0.3) is 0 Å². The first kappa shape index (κ1) is 17.8. The smallest absolute Gasteiger partial charge is 0.228 e. The Morgan fingerprint density at radius 2 is 1.92 bits per heavy atom. The lowest BCUT2D eigenvalue weighted by atomic mass is 10.1. The molecule has 1 aromatic carbocycles. The van der Waals surface area contributed by atoms with Gasteiger partial charge in [-0.1, -0.05) is 11.6 Å². The average Bonchev–Trinajstić information content (AvgIpc) is 3.56. The van der Waals surface area contributed by atoms with E-state index in [0.717, 1.165) is 28.3 Å². The highest BCUT2D eigenvalue weighted by Gasteiger charge is 2.44. The molecule has 0 aliphatic heterocycles. The molecule has 0 N–H and O–H groups in total. The summed E-state index contributed by atoms with van der Waals surface area (Å²) in [7, 11) is 1.97. The van der Waals surface area contributed by atoms with Gasteiger partial charge in [0.25, 0.3) is 0 Å². The van der Waals surface area contributed by atoms with Gasteiger partial charge in [-0.25, -0.2) is 4.98 Å². The summed E-state index contributed by atoms with van der Waals surface area (Å²) >= 11 is 7.41. The molecule has 6 heteroatoms. The van der Waals surface area contributed by atoms with Crippen molar-refractivity contribution in [3.05, 3.63) is 45.4 Å². The summed E-state index contributed by atoms with van der Waals surface area (Å²) in [4.78, 5) is 19.2. The Morgan fingerprint density at radius 1 is 1.27 bits per heavy atom. The van der Waals surface area contributed by atoms with Crippen molar-refractivity contribution in [3.8, 4) is 5.75 Å². The van der Waals surface area contributed by atoms with Crippen LogP contribution in [0.2, 0.25) is 5.02 Å². The number of thiazole rings is 1. The predicted molar refractivity (Wildman–Crippen MR) is 104 cm³/mol. The van der Waals surface area contributed by atoms with Crippen molar-refractivity contribution in [2.75, 3.05) is 7.05 Å². The van der Waals surface area contributed by atoms with Crippen molar-refractivity contribution in [2.45, 2.75) is 44.8 Å². The summed E-state index contributed by atoms with van der Waals surface area (Å²) in [6.45, 7) is 0.406. The topological polar surface area (TPSA) is 42.4 Å². The van der Waals surface area contributed by atoms with Gasteiger partial charge >= 0.3 is 0 Å². The van der Waals surface area contributed by atoms with Gasteiger partial charge in [-0.05, 0) is 61.8 Å². The molecule has 2 saturated carbocycles. The number of amides is 1. The molecule has 0 spiro atoms. The molecular formula is C20H23ClN2O2S. The van der Waals surface area contributed by atoms with Crippen LogP contribution in [0.4, 0.5) is 0 Å². The first-order valence-corrected chi connectivity index (χ1v) is 10.4. The zero-order valence-corrected chi connectivity index (χ0v) is 16.4. The Balaban J connectivity index is 1.31. The molecule has 2 aromatic rings. The van der Waals surface area contributed by atoms with Crippen molar-refractivity contribution in [1.29, 1.82) is 0 Å². The number of nitrogens with zero attached hydrogens (tertiary/aromatic N) is 2. The lowest BCUT2D eigenvalue weighted by Gasteiger charge is -2.28. The first-order chi connectivity index (χ1) is 12.6. The number of ether oxygens (including phenoxy) is 1. The Hall–Kier alpha value is -1.59. The highest BCUT2D eigenvalue weighted by molar-refractivity contribution is 7.09. The Kier molecular flexibility index (Phi) is 5.18. The molecule has 0 saturated heterocycles. The second kappa shape index (κ2) is 7.57. The summed E-state index contributed by atoms with van der Waals surface area (Å²) < 4.78 is 5.72. The SMILES string of the molecule is CN(C(=O)Cc1csc(COc2ccc(Cl)cc2)n1)C(C1CC1)C1CC1. The molecular weight excluding hydrogens is 368 g/mol. The first-order valence-electron chi connectivity index (χ1n) is 9.17. The van der Waals surface area contributed by atoms with Crippen LogP contribution in [0.1, 0.15) is 36.4 Å². The van der Waals surface area contributed by atoms with Crippen LogP contribution in [-0.2, 0) is 17.8 Å². The van der Waals surface area contributed by atoms with Gasteiger partial charge in [0, 0.05) is 23.5 Å². The summed E-state index contributed by atoms with van der Waals surface area (Å²) in [6.07, 6.45) is 5.50. The number of likely N-dealkylation sites (N-methyl/N-ethyl adjacent to an activating group) is 1. The third kappa shape index (κ3) is 4.38. The molecule has 26 heavy (non-hydrogen) atoms. The summed E-state index contributed by atoms with van der Waals surface area (Å²) in [5.41, 5.74) is 0.840. The fourth-order valence-electron chi connectivity index (χ4n) is 3.51. The van der Waals surface area contributed by atoms with Gasteiger partial charge in [-0.3, -0.25) is 4.79 Å². The van der Waals surface area contributed by atoms with E-state index in [1.165, 1.54) is 37.0 Å². The van der Waals surface area contributed by atoms with E-state index in [9.17, 15) is 4.79 Å². The third-order valence-electron chi connectivity index (χ3n) is 5.16. The summed E-state index contributed by atoms with van der Waals surface area (Å²) in [6, 6.07) is 7.73. The minimum absolute atomic E-state index is 0.185. The third-order valence-corrected chi connectivity index (χ3v) is 6.28. The fraction of sp³-hybridized carbons (Fsp3) is 0.500. The lowest BCUT2D eigenvalue weighted by Crippen LogP contribution is -2.40. The van der Waals surface area contributed by atoms with Gasteiger partial charge in [0.1, 0.15) is 17.4 Å². The second-order valence-corrected chi connectivity index (χ2v) is 8.70. The second-order valence-electron chi connectivity index (χ2n) is 7.32. The van der Waals surface area contributed by atoms with Crippen molar-refractivity contribution < 1.29 is 9.53 Å². The average molecular weight is 391 g/mol. The van der Waals surface area contributed by atoms with Gasteiger partial charge in [0.2, 0.25) is 5.91 Å². The van der Waals surface area contributed by atoms with Crippen LogP contribution in [0.5, 0.6) is 5.75 Å². The molecule has 4 nitrogen and oxygen atoms in total. The van der Waals surface area contributed by atoms with E-state index in [-0.39, 0.29) is 5.91 Å². The van der Waals surface area contributed by atoms with Gasteiger partial charge in [-0.15, -0.1) is 11.3 Å². The number of hydrogen-bond acceptors (Lipinski definition) is 4. The van der Waals surface area contributed by atoms with E-state index in [2.05, 4.69) is 4.98 Å². The quantitative estimate of drug-likeness (QED) is 0.663. The molecule has 0 radical (unpaired) electrons. The molecule has 2 fully saturated rings. The zero-order chi connectivity index (χ0) is 18.1. The fourth-order valence-corrected chi connectivity index (χ4v) is 4.34. The molecule has 0 atom stereocenters. The Bertz CT molecular complexity index is 756. The molecule has 0 bridgehead atoms. The standard InChI is InChI=1S/C20H23ClN2O2S/c1-23(20(13-2-3-13)14-4-5-14)19(24)10-16-12-26-18(22-16)11-25-17-8-6-15(21)7-9-17/h6-9,12-14,20H,2-5,10-11H2,1H3. The monoisotopic (exact) mass is 390 g/mol. The number of aromatic nitrogens is 1. The van der Waals surface area contributed by atoms with Crippen LogP contribution in [0, 0.1) is 11.8 Å². The highest BCUT2D eigenvalue weighted by Crippen LogP contribution is 2.46.